The van der Waals surface area contributed by atoms with Crippen molar-refractivity contribution in [1.29, 1.82) is 0 Å². The van der Waals surface area contributed by atoms with Crippen LogP contribution >= 0.6 is 0 Å². The number of hydrogen-bond donors (Lipinski definition) is 1. The van der Waals surface area contributed by atoms with Crippen LogP contribution in [0, 0.1) is 5.92 Å². The van der Waals surface area contributed by atoms with Crippen LogP contribution < -0.4 is 4.90 Å². The lowest BCUT2D eigenvalue weighted by molar-refractivity contribution is -0.140. The summed E-state index contributed by atoms with van der Waals surface area (Å²) in [7, 11) is 1.90. The summed E-state index contributed by atoms with van der Waals surface area (Å²) in [5, 5.41) is 9.14. The minimum Gasteiger partial charge on any atom is -0.481 e. The fourth-order valence-corrected chi connectivity index (χ4v) is 2.93. The Kier molecular flexibility index (Phi) is 4.23. The lowest BCUT2D eigenvalue weighted by Crippen LogP contribution is -2.30. The Balaban J connectivity index is 1.99. The Hall–Kier alpha value is -2.50. The van der Waals surface area contributed by atoms with Gasteiger partial charge in [-0.05, 0) is 31.4 Å². The van der Waals surface area contributed by atoms with E-state index in [0.717, 1.165) is 41.9 Å². The van der Waals surface area contributed by atoms with Crippen molar-refractivity contribution in [2.24, 2.45) is 5.92 Å². The molecule has 6 heteroatoms. The molecule has 2 aromatic heterocycles. The highest BCUT2D eigenvalue weighted by Gasteiger charge is 2.24. The van der Waals surface area contributed by atoms with Gasteiger partial charge in [-0.2, -0.15) is 0 Å². The summed E-state index contributed by atoms with van der Waals surface area (Å²) < 4.78 is 0. The first-order chi connectivity index (χ1) is 11.1. The van der Waals surface area contributed by atoms with Crippen molar-refractivity contribution >= 4 is 11.8 Å². The SMILES string of the molecule is CC(CN(C)c1nc(-c2cccnc2)nc2c1CCC2)C(=O)O. The van der Waals surface area contributed by atoms with Crippen molar-refractivity contribution in [2.75, 3.05) is 18.5 Å². The van der Waals surface area contributed by atoms with E-state index in [1.807, 2.05) is 24.1 Å². The molecule has 0 saturated carbocycles. The van der Waals surface area contributed by atoms with Gasteiger partial charge in [0, 0.05) is 42.8 Å². The van der Waals surface area contributed by atoms with Gasteiger partial charge in [-0.1, -0.05) is 6.92 Å². The predicted octanol–water partition coefficient (Wildman–Crippen LogP) is 2.18. The number of nitrogens with zero attached hydrogens (tertiary/aromatic N) is 4. The molecule has 3 rings (SSSR count). The van der Waals surface area contributed by atoms with Crippen LogP contribution in [0.4, 0.5) is 5.82 Å². The van der Waals surface area contributed by atoms with E-state index in [4.69, 9.17) is 10.1 Å². The third kappa shape index (κ3) is 3.16. The molecular formula is C17H20N4O2. The Morgan fingerprint density at radius 2 is 2.22 bits per heavy atom. The molecule has 0 aliphatic heterocycles. The molecule has 0 radical (unpaired) electrons. The van der Waals surface area contributed by atoms with Gasteiger partial charge in [0.15, 0.2) is 5.82 Å². The van der Waals surface area contributed by atoms with Crippen LogP contribution in [-0.4, -0.2) is 39.6 Å². The van der Waals surface area contributed by atoms with E-state index >= 15 is 0 Å². The summed E-state index contributed by atoms with van der Waals surface area (Å²) >= 11 is 0. The quantitative estimate of drug-likeness (QED) is 0.911. The standard InChI is InChI=1S/C17H20N4O2/c1-11(17(22)23)10-21(2)16-13-6-3-7-14(13)19-15(20-16)12-5-4-8-18-9-12/h4-5,8-9,11H,3,6-7,10H2,1-2H3,(H,22,23). The van der Waals surface area contributed by atoms with Crippen LogP contribution in [0.1, 0.15) is 24.6 Å². The minimum atomic E-state index is -0.796. The molecule has 0 bridgehead atoms. The zero-order valence-corrected chi connectivity index (χ0v) is 13.4. The van der Waals surface area contributed by atoms with Gasteiger partial charge in [-0.15, -0.1) is 0 Å². The average molecular weight is 312 g/mol. The second-order valence-corrected chi connectivity index (χ2v) is 6.01. The Labute approximate surface area is 135 Å². The molecule has 23 heavy (non-hydrogen) atoms. The Morgan fingerprint density at radius 1 is 1.39 bits per heavy atom. The average Bonchev–Trinajstić information content (AvgIpc) is 3.02. The van der Waals surface area contributed by atoms with Crippen molar-refractivity contribution in [3.63, 3.8) is 0 Å². The molecule has 6 nitrogen and oxygen atoms in total. The largest absolute Gasteiger partial charge is 0.481 e. The van der Waals surface area contributed by atoms with Crippen molar-refractivity contribution in [1.82, 2.24) is 15.0 Å². The van der Waals surface area contributed by atoms with E-state index in [2.05, 4.69) is 9.97 Å². The minimum absolute atomic E-state index is 0.422. The molecule has 1 N–H and O–H groups in total. The highest BCUT2D eigenvalue weighted by molar-refractivity contribution is 5.70. The zero-order chi connectivity index (χ0) is 16.4. The molecule has 0 aromatic carbocycles. The Morgan fingerprint density at radius 3 is 2.91 bits per heavy atom. The summed E-state index contributed by atoms with van der Waals surface area (Å²) in [5.74, 6) is 0.256. The maximum atomic E-state index is 11.1. The number of carboxylic acids is 1. The van der Waals surface area contributed by atoms with Gasteiger partial charge in [0.1, 0.15) is 5.82 Å². The first kappa shape index (κ1) is 15.4. The van der Waals surface area contributed by atoms with Crippen LogP contribution in [0.2, 0.25) is 0 Å². The van der Waals surface area contributed by atoms with Crippen LogP contribution in [0.5, 0.6) is 0 Å². The molecule has 2 heterocycles. The number of aliphatic carboxylic acids is 1. The number of fused-ring (bicyclic) bond motifs is 1. The third-order valence-corrected chi connectivity index (χ3v) is 4.16. The van der Waals surface area contributed by atoms with Gasteiger partial charge >= 0.3 is 5.97 Å². The zero-order valence-electron chi connectivity index (χ0n) is 13.4. The maximum Gasteiger partial charge on any atom is 0.308 e. The number of carboxylic acid groups (broad SMARTS) is 1. The van der Waals surface area contributed by atoms with Crippen LogP contribution in [-0.2, 0) is 17.6 Å². The first-order valence-corrected chi connectivity index (χ1v) is 7.80. The number of aryl methyl sites for hydroxylation is 1. The number of aromatic nitrogens is 3. The fourth-order valence-electron chi connectivity index (χ4n) is 2.93. The molecule has 0 saturated heterocycles. The van der Waals surface area contributed by atoms with Crippen molar-refractivity contribution in [2.45, 2.75) is 26.2 Å². The Bertz CT molecular complexity index is 718. The summed E-state index contributed by atoms with van der Waals surface area (Å²) in [4.78, 5) is 26.6. The molecule has 0 amide bonds. The second-order valence-electron chi connectivity index (χ2n) is 6.01. The van der Waals surface area contributed by atoms with Crippen LogP contribution in [0.3, 0.4) is 0 Å². The first-order valence-electron chi connectivity index (χ1n) is 7.80. The summed E-state index contributed by atoms with van der Waals surface area (Å²) in [6.07, 6.45) is 6.43. The lowest BCUT2D eigenvalue weighted by Gasteiger charge is -2.23. The summed E-state index contributed by atoms with van der Waals surface area (Å²) in [5.41, 5.74) is 3.10. The van der Waals surface area contributed by atoms with E-state index in [0.29, 0.717) is 12.4 Å². The molecule has 0 fully saturated rings. The second kappa shape index (κ2) is 6.32. The molecule has 0 spiro atoms. The highest BCUT2D eigenvalue weighted by Crippen LogP contribution is 2.31. The van der Waals surface area contributed by atoms with E-state index in [1.165, 1.54) is 0 Å². The number of pyridine rings is 1. The van der Waals surface area contributed by atoms with Crippen molar-refractivity contribution < 1.29 is 9.90 Å². The molecule has 120 valence electrons. The van der Waals surface area contributed by atoms with Crippen molar-refractivity contribution in [3.8, 4) is 11.4 Å². The molecular weight excluding hydrogens is 292 g/mol. The van der Waals surface area contributed by atoms with E-state index in [9.17, 15) is 4.79 Å². The van der Waals surface area contributed by atoms with Gasteiger partial charge in [-0.25, -0.2) is 9.97 Å². The molecule has 1 unspecified atom stereocenters. The number of anilines is 1. The molecule has 2 aromatic rings. The number of rotatable bonds is 5. The molecule has 1 aliphatic carbocycles. The maximum absolute atomic E-state index is 11.1. The topological polar surface area (TPSA) is 79.2 Å². The molecule has 1 aliphatic rings. The van der Waals surface area contributed by atoms with Crippen LogP contribution in [0.25, 0.3) is 11.4 Å². The number of carbonyl (C=O) groups is 1. The lowest BCUT2D eigenvalue weighted by atomic mass is 10.1. The van der Waals surface area contributed by atoms with Gasteiger partial charge in [-0.3, -0.25) is 9.78 Å². The van der Waals surface area contributed by atoms with Gasteiger partial charge < -0.3 is 10.0 Å². The number of hydrogen-bond acceptors (Lipinski definition) is 5. The summed E-state index contributed by atoms with van der Waals surface area (Å²) in [6, 6.07) is 3.80. The third-order valence-electron chi connectivity index (χ3n) is 4.16. The normalized spacial score (nSPS) is 14.3. The van der Waals surface area contributed by atoms with Gasteiger partial charge in [0.2, 0.25) is 0 Å². The monoisotopic (exact) mass is 312 g/mol. The van der Waals surface area contributed by atoms with E-state index in [-0.39, 0.29) is 0 Å². The van der Waals surface area contributed by atoms with Gasteiger partial charge in [0.25, 0.3) is 0 Å². The highest BCUT2D eigenvalue weighted by atomic mass is 16.4. The fraction of sp³-hybridized carbons (Fsp3) is 0.412. The summed E-state index contributed by atoms with van der Waals surface area (Å²) in [6.45, 7) is 2.13. The predicted molar refractivity (Wildman–Crippen MR) is 87.4 cm³/mol. The smallest absolute Gasteiger partial charge is 0.308 e. The van der Waals surface area contributed by atoms with E-state index in [1.54, 1.807) is 19.3 Å². The van der Waals surface area contributed by atoms with Gasteiger partial charge in [0.05, 0.1) is 5.92 Å². The van der Waals surface area contributed by atoms with Crippen molar-refractivity contribution in [3.05, 3.63) is 35.8 Å². The van der Waals surface area contributed by atoms with Crippen LogP contribution in [0.15, 0.2) is 24.5 Å². The molecule has 1 atom stereocenters. The van der Waals surface area contributed by atoms with E-state index < -0.39 is 11.9 Å².